The molecule has 7 nitrogen and oxygen atoms in total. The number of hydrogen-bond acceptors (Lipinski definition) is 6. The monoisotopic (exact) mass is 519 g/mol. The maximum atomic E-state index is 13.4. The first-order chi connectivity index (χ1) is 17.7. The van der Waals surface area contributed by atoms with Gasteiger partial charge in [0.25, 0.3) is 11.7 Å². The molecule has 1 saturated heterocycles. The van der Waals surface area contributed by atoms with E-state index in [1.165, 1.54) is 17.9 Å². The Kier molecular flexibility index (Phi) is 7.64. The number of rotatable bonds is 7. The van der Waals surface area contributed by atoms with Crippen molar-refractivity contribution in [2.75, 3.05) is 11.5 Å². The molecule has 0 spiro atoms. The number of amides is 1. The number of benzene rings is 3. The summed E-state index contributed by atoms with van der Waals surface area (Å²) in [5.41, 5.74) is 2.04. The molecule has 3 aromatic rings. The van der Waals surface area contributed by atoms with Crippen LogP contribution in [0.2, 0.25) is 5.02 Å². The summed E-state index contributed by atoms with van der Waals surface area (Å²) < 4.78 is 10.8. The van der Waals surface area contributed by atoms with E-state index < -0.39 is 29.5 Å². The van der Waals surface area contributed by atoms with E-state index in [-0.39, 0.29) is 21.9 Å². The molecule has 1 unspecified atom stereocenters. The summed E-state index contributed by atoms with van der Waals surface area (Å²) in [5, 5.41) is 11.6. The van der Waals surface area contributed by atoms with Crippen LogP contribution in [0.25, 0.3) is 5.76 Å². The first kappa shape index (κ1) is 26.0. The highest BCUT2D eigenvalue weighted by molar-refractivity contribution is 6.52. The summed E-state index contributed by atoms with van der Waals surface area (Å²) in [6, 6.07) is 17.5. The lowest BCUT2D eigenvalue weighted by atomic mass is 9.94. The molecule has 1 N–H and O–H groups in total. The number of aliphatic hydroxyl groups is 1. The van der Waals surface area contributed by atoms with E-state index in [1.807, 2.05) is 26.0 Å². The van der Waals surface area contributed by atoms with Gasteiger partial charge in [-0.3, -0.25) is 19.3 Å². The predicted molar refractivity (Wildman–Crippen MR) is 141 cm³/mol. The summed E-state index contributed by atoms with van der Waals surface area (Å²) in [7, 11) is 0. The number of anilines is 1. The number of ketones is 1. The highest BCUT2D eigenvalue weighted by atomic mass is 35.5. The fraction of sp³-hybridized carbons (Fsp3) is 0.207. The molecule has 3 aromatic carbocycles. The van der Waals surface area contributed by atoms with Crippen molar-refractivity contribution in [1.82, 2.24) is 0 Å². The molecule has 1 atom stereocenters. The van der Waals surface area contributed by atoms with Gasteiger partial charge >= 0.3 is 5.97 Å². The molecule has 4 rings (SSSR count). The zero-order valence-corrected chi connectivity index (χ0v) is 21.4. The number of nitrogens with zero attached hydrogens (tertiary/aromatic N) is 1. The summed E-state index contributed by atoms with van der Waals surface area (Å²) in [6.07, 6.45) is 0.807. The molecule has 0 aliphatic carbocycles. The molecule has 0 radical (unpaired) electrons. The van der Waals surface area contributed by atoms with Crippen LogP contribution in [-0.2, 0) is 20.8 Å². The van der Waals surface area contributed by atoms with Crippen molar-refractivity contribution in [3.63, 3.8) is 0 Å². The number of aryl methyl sites for hydroxylation is 1. The van der Waals surface area contributed by atoms with Gasteiger partial charge in [0, 0.05) is 18.2 Å². The van der Waals surface area contributed by atoms with Gasteiger partial charge in [-0.2, -0.15) is 0 Å². The van der Waals surface area contributed by atoms with E-state index in [9.17, 15) is 19.5 Å². The second kappa shape index (κ2) is 10.9. The molecule has 8 heteroatoms. The van der Waals surface area contributed by atoms with Gasteiger partial charge in [-0.25, -0.2) is 0 Å². The third-order valence-electron chi connectivity index (χ3n) is 6.01. The smallest absolute Gasteiger partial charge is 0.308 e. The number of halogens is 1. The largest absolute Gasteiger partial charge is 0.507 e. The Morgan fingerprint density at radius 1 is 1.00 bits per heavy atom. The molecule has 190 valence electrons. The molecule has 37 heavy (non-hydrogen) atoms. The van der Waals surface area contributed by atoms with Gasteiger partial charge in [0.15, 0.2) is 0 Å². The van der Waals surface area contributed by atoms with E-state index in [0.29, 0.717) is 23.6 Å². The van der Waals surface area contributed by atoms with E-state index in [2.05, 4.69) is 0 Å². The molecule has 0 bridgehead atoms. The maximum Gasteiger partial charge on any atom is 0.308 e. The van der Waals surface area contributed by atoms with E-state index in [1.54, 1.807) is 48.5 Å². The second-order valence-corrected chi connectivity index (χ2v) is 8.84. The molecule has 1 heterocycles. The lowest BCUT2D eigenvalue weighted by Gasteiger charge is -2.26. The van der Waals surface area contributed by atoms with Crippen molar-refractivity contribution < 1.29 is 29.0 Å². The molecule has 1 aliphatic rings. The number of carbonyl (C=O) groups is 3. The lowest BCUT2D eigenvalue weighted by Crippen LogP contribution is -2.29. The fourth-order valence-corrected chi connectivity index (χ4v) is 4.52. The van der Waals surface area contributed by atoms with Crippen LogP contribution in [0, 0.1) is 0 Å². The predicted octanol–water partition coefficient (Wildman–Crippen LogP) is 5.85. The van der Waals surface area contributed by atoms with Crippen molar-refractivity contribution in [3.05, 3.63) is 94.0 Å². The summed E-state index contributed by atoms with van der Waals surface area (Å²) >= 11 is 6.40. The minimum atomic E-state index is -1.00. The molecule has 1 aliphatic heterocycles. The Balaban J connectivity index is 1.94. The van der Waals surface area contributed by atoms with Crippen LogP contribution in [0.5, 0.6) is 11.5 Å². The Morgan fingerprint density at radius 3 is 2.38 bits per heavy atom. The van der Waals surface area contributed by atoms with Crippen molar-refractivity contribution >= 4 is 40.7 Å². The van der Waals surface area contributed by atoms with E-state index in [4.69, 9.17) is 21.1 Å². The van der Waals surface area contributed by atoms with Crippen LogP contribution in [0.1, 0.15) is 43.5 Å². The van der Waals surface area contributed by atoms with Crippen molar-refractivity contribution in [2.24, 2.45) is 0 Å². The van der Waals surface area contributed by atoms with Crippen LogP contribution in [0.3, 0.4) is 0 Å². The third-order valence-corrected chi connectivity index (χ3v) is 6.34. The minimum absolute atomic E-state index is 0.139. The molecular weight excluding hydrogens is 494 g/mol. The molecule has 0 aromatic heterocycles. The highest BCUT2D eigenvalue weighted by Crippen LogP contribution is 2.44. The summed E-state index contributed by atoms with van der Waals surface area (Å²) in [6.45, 7) is 5.51. The van der Waals surface area contributed by atoms with Gasteiger partial charge < -0.3 is 14.6 Å². The summed E-state index contributed by atoms with van der Waals surface area (Å²) in [5.74, 6) is -1.91. The molecular formula is C29H26ClNO6. The van der Waals surface area contributed by atoms with Crippen LogP contribution in [0.15, 0.2) is 72.3 Å². The standard InChI is InChI=1S/C29H26ClNO6/c1-4-18-9-11-20(12-10-18)31-26(19-7-6-8-22(15-19)37-17(3)32)25(28(34)29(31)35)27(33)23-16-21(36-5-2)13-14-24(23)30/h6-16,26,33H,4-5H2,1-3H3/b27-25+. The first-order valence-corrected chi connectivity index (χ1v) is 12.2. The van der Waals surface area contributed by atoms with Gasteiger partial charge in [-0.15, -0.1) is 0 Å². The SMILES string of the molecule is CCOc1ccc(Cl)c(/C(O)=C2\C(=O)C(=O)N(c3ccc(CC)cc3)C2c2cccc(OC(C)=O)c2)c1. The first-order valence-electron chi connectivity index (χ1n) is 11.9. The number of ether oxygens (including phenoxy) is 2. The highest BCUT2D eigenvalue weighted by Gasteiger charge is 2.47. The zero-order valence-electron chi connectivity index (χ0n) is 20.7. The van der Waals surface area contributed by atoms with Crippen molar-refractivity contribution in [3.8, 4) is 11.5 Å². The van der Waals surface area contributed by atoms with Crippen LogP contribution < -0.4 is 14.4 Å². The van der Waals surface area contributed by atoms with Crippen LogP contribution >= 0.6 is 11.6 Å². The zero-order chi connectivity index (χ0) is 26.7. The number of hydrogen-bond donors (Lipinski definition) is 1. The molecule has 1 fully saturated rings. The maximum absolute atomic E-state index is 13.4. The molecule has 1 amide bonds. The van der Waals surface area contributed by atoms with Crippen molar-refractivity contribution in [1.29, 1.82) is 0 Å². The topological polar surface area (TPSA) is 93.1 Å². The number of aliphatic hydroxyl groups excluding tert-OH is 1. The average Bonchev–Trinajstić information content (AvgIpc) is 3.15. The average molecular weight is 520 g/mol. The minimum Gasteiger partial charge on any atom is -0.507 e. The Hall–Kier alpha value is -4.10. The molecule has 0 saturated carbocycles. The Labute approximate surface area is 219 Å². The number of Topliss-reactive ketones (excluding diaryl/α,β-unsaturated/α-hetero) is 1. The quantitative estimate of drug-likeness (QED) is 0.138. The Morgan fingerprint density at radius 2 is 1.73 bits per heavy atom. The fourth-order valence-electron chi connectivity index (χ4n) is 4.31. The van der Waals surface area contributed by atoms with Gasteiger partial charge in [-0.05, 0) is 66.9 Å². The lowest BCUT2D eigenvalue weighted by molar-refractivity contribution is -0.132. The second-order valence-electron chi connectivity index (χ2n) is 8.43. The van der Waals surface area contributed by atoms with E-state index in [0.717, 1.165) is 12.0 Å². The van der Waals surface area contributed by atoms with Crippen LogP contribution in [0.4, 0.5) is 5.69 Å². The van der Waals surface area contributed by atoms with Crippen molar-refractivity contribution in [2.45, 2.75) is 33.2 Å². The van der Waals surface area contributed by atoms with Crippen LogP contribution in [-0.4, -0.2) is 29.4 Å². The van der Waals surface area contributed by atoms with E-state index >= 15 is 0 Å². The van der Waals surface area contributed by atoms with Gasteiger partial charge in [0.05, 0.1) is 23.2 Å². The summed E-state index contributed by atoms with van der Waals surface area (Å²) in [4.78, 5) is 39.7. The van der Waals surface area contributed by atoms with Gasteiger partial charge in [0.2, 0.25) is 0 Å². The Bertz CT molecular complexity index is 1400. The third kappa shape index (κ3) is 5.22. The van der Waals surface area contributed by atoms with Gasteiger partial charge in [0.1, 0.15) is 17.3 Å². The van der Waals surface area contributed by atoms with Gasteiger partial charge in [-0.1, -0.05) is 42.8 Å². The number of carbonyl (C=O) groups excluding carboxylic acids is 3. The normalized spacial score (nSPS) is 16.6. The number of esters is 1.